The smallest absolute Gasteiger partial charge is 0.196 e. The molecule has 2 rings (SSSR count). The van der Waals surface area contributed by atoms with Gasteiger partial charge in [0.15, 0.2) is 5.16 Å². The largest absolute Gasteiger partial charge is 0.383 e. The summed E-state index contributed by atoms with van der Waals surface area (Å²) >= 11 is 1.33. The Balaban J connectivity index is 2.24. The van der Waals surface area contributed by atoms with E-state index in [0.717, 1.165) is 4.90 Å². The number of nitrogens with zero attached hydrogens (tertiary/aromatic N) is 3. The van der Waals surface area contributed by atoms with Gasteiger partial charge >= 0.3 is 0 Å². The number of aromatic nitrogens is 3. The van der Waals surface area contributed by atoms with Crippen LogP contribution in [0.25, 0.3) is 0 Å². The number of hydrogen-bond acceptors (Lipinski definition) is 8. The van der Waals surface area contributed by atoms with Gasteiger partial charge in [0.1, 0.15) is 17.5 Å². The highest BCUT2D eigenvalue weighted by Crippen LogP contribution is 2.26. The van der Waals surface area contributed by atoms with Crippen molar-refractivity contribution in [1.82, 2.24) is 15.0 Å². The van der Waals surface area contributed by atoms with Crippen molar-refractivity contribution in [3.05, 3.63) is 24.4 Å². The van der Waals surface area contributed by atoms with Crippen molar-refractivity contribution >= 4 is 29.2 Å². The normalized spacial score (nSPS) is 10.2. The molecule has 0 fully saturated rings. The second-order valence-corrected chi connectivity index (χ2v) is 4.16. The van der Waals surface area contributed by atoms with E-state index in [1.807, 2.05) is 6.07 Å². The van der Waals surface area contributed by atoms with Crippen LogP contribution in [0.15, 0.2) is 34.4 Å². The van der Waals surface area contributed by atoms with Crippen molar-refractivity contribution in [2.24, 2.45) is 5.84 Å². The maximum atomic E-state index is 5.58. The molecular formula is C9H11N7S. The van der Waals surface area contributed by atoms with Gasteiger partial charge in [0.2, 0.25) is 0 Å². The van der Waals surface area contributed by atoms with Gasteiger partial charge < -0.3 is 16.9 Å². The van der Waals surface area contributed by atoms with Gasteiger partial charge in [-0.1, -0.05) is 0 Å². The molecule has 0 saturated carbocycles. The molecule has 17 heavy (non-hydrogen) atoms. The molecule has 2 heterocycles. The van der Waals surface area contributed by atoms with E-state index in [1.165, 1.54) is 17.8 Å². The number of nitrogens with two attached hydrogens (primary N) is 3. The zero-order chi connectivity index (χ0) is 12.3. The van der Waals surface area contributed by atoms with Crippen molar-refractivity contribution in [3.63, 3.8) is 0 Å². The fourth-order valence-electron chi connectivity index (χ4n) is 1.17. The van der Waals surface area contributed by atoms with Gasteiger partial charge in [-0.25, -0.2) is 20.8 Å². The van der Waals surface area contributed by atoms with E-state index in [2.05, 4.69) is 20.4 Å². The lowest BCUT2D eigenvalue weighted by molar-refractivity contribution is 0.984. The van der Waals surface area contributed by atoms with Crippen LogP contribution >= 0.6 is 11.8 Å². The Kier molecular flexibility index (Phi) is 3.26. The van der Waals surface area contributed by atoms with Gasteiger partial charge in [0.05, 0.1) is 0 Å². The number of hydrogen-bond donors (Lipinski definition) is 4. The summed E-state index contributed by atoms with van der Waals surface area (Å²) in [6.45, 7) is 0. The Hall–Kier alpha value is -2.06. The predicted octanol–water partition coefficient (Wildman–Crippen LogP) is 0.473. The lowest BCUT2D eigenvalue weighted by Gasteiger charge is -2.04. The fourth-order valence-corrected chi connectivity index (χ4v) is 1.98. The summed E-state index contributed by atoms with van der Waals surface area (Å²) in [5.74, 6) is 6.51. The van der Waals surface area contributed by atoms with Crippen molar-refractivity contribution in [3.8, 4) is 0 Å². The topological polar surface area (TPSA) is 129 Å². The van der Waals surface area contributed by atoms with Gasteiger partial charge in [0.25, 0.3) is 0 Å². The molecule has 0 radical (unpaired) electrons. The molecule has 0 bridgehead atoms. The first-order chi connectivity index (χ1) is 8.17. The molecule has 0 aromatic carbocycles. The Labute approximate surface area is 102 Å². The molecule has 0 aliphatic rings. The third-order valence-electron chi connectivity index (χ3n) is 1.83. The van der Waals surface area contributed by atoms with Crippen LogP contribution in [0.4, 0.5) is 17.5 Å². The molecule has 2 aromatic heterocycles. The summed E-state index contributed by atoms with van der Waals surface area (Å²) in [6, 6.07) is 5.09. The molecule has 88 valence electrons. The molecular weight excluding hydrogens is 238 g/mol. The van der Waals surface area contributed by atoms with Gasteiger partial charge in [-0.05, 0) is 23.9 Å². The van der Waals surface area contributed by atoms with Crippen LogP contribution in [0.3, 0.4) is 0 Å². The zero-order valence-corrected chi connectivity index (χ0v) is 9.61. The molecule has 8 heteroatoms. The first-order valence-electron chi connectivity index (χ1n) is 4.68. The van der Waals surface area contributed by atoms with Gasteiger partial charge in [0, 0.05) is 17.2 Å². The van der Waals surface area contributed by atoms with Gasteiger partial charge in [-0.2, -0.15) is 0 Å². The molecule has 0 unspecified atom stereocenters. The van der Waals surface area contributed by atoms with Crippen molar-refractivity contribution in [1.29, 1.82) is 0 Å². The number of nitrogens with one attached hydrogen (secondary N) is 1. The molecule has 0 aliphatic carbocycles. The van der Waals surface area contributed by atoms with Crippen LogP contribution in [0.5, 0.6) is 0 Å². The highest BCUT2D eigenvalue weighted by molar-refractivity contribution is 7.99. The Morgan fingerprint density at radius 3 is 2.47 bits per heavy atom. The lowest BCUT2D eigenvalue weighted by atomic mass is 10.5. The SMILES string of the molecule is NNc1cc(Sc2nc(N)cc(N)n2)ccn1. The average molecular weight is 249 g/mol. The molecule has 7 N–H and O–H groups in total. The van der Waals surface area contributed by atoms with E-state index in [-0.39, 0.29) is 0 Å². The van der Waals surface area contributed by atoms with E-state index in [9.17, 15) is 0 Å². The molecule has 2 aromatic rings. The highest BCUT2D eigenvalue weighted by Gasteiger charge is 2.04. The van der Waals surface area contributed by atoms with Crippen LogP contribution in [0.2, 0.25) is 0 Å². The van der Waals surface area contributed by atoms with Crippen LogP contribution < -0.4 is 22.7 Å². The molecule has 0 aliphatic heterocycles. The third-order valence-corrected chi connectivity index (χ3v) is 2.69. The van der Waals surface area contributed by atoms with Crippen molar-refractivity contribution < 1.29 is 0 Å². The van der Waals surface area contributed by atoms with E-state index < -0.39 is 0 Å². The third kappa shape index (κ3) is 2.95. The minimum atomic E-state index is 0.339. The van der Waals surface area contributed by atoms with Crippen LogP contribution in [0.1, 0.15) is 0 Å². The second-order valence-electron chi connectivity index (χ2n) is 3.12. The van der Waals surface area contributed by atoms with E-state index in [1.54, 1.807) is 12.3 Å². The van der Waals surface area contributed by atoms with E-state index >= 15 is 0 Å². The second kappa shape index (κ2) is 4.85. The molecule has 0 atom stereocenters. The van der Waals surface area contributed by atoms with E-state index in [0.29, 0.717) is 22.6 Å². The molecule has 0 spiro atoms. The maximum Gasteiger partial charge on any atom is 0.196 e. The maximum absolute atomic E-state index is 5.58. The molecule has 0 amide bonds. The Bertz CT molecular complexity index is 510. The quantitative estimate of drug-likeness (QED) is 0.351. The standard InChI is InChI=1S/C9H11N7S/c10-6-4-7(11)15-9(14-6)17-5-1-2-13-8(3-5)16-12/h1-4H,12H2,(H,13,16)(H4,10,11,14,15). The van der Waals surface area contributed by atoms with Crippen LogP contribution in [-0.2, 0) is 0 Å². The van der Waals surface area contributed by atoms with Crippen LogP contribution in [-0.4, -0.2) is 15.0 Å². The minimum absolute atomic E-state index is 0.339. The summed E-state index contributed by atoms with van der Waals surface area (Å²) in [5.41, 5.74) is 13.6. The van der Waals surface area contributed by atoms with Crippen LogP contribution in [0, 0.1) is 0 Å². The first kappa shape index (κ1) is 11.4. The zero-order valence-electron chi connectivity index (χ0n) is 8.79. The minimum Gasteiger partial charge on any atom is -0.383 e. The first-order valence-corrected chi connectivity index (χ1v) is 5.49. The number of pyridine rings is 1. The van der Waals surface area contributed by atoms with E-state index in [4.69, 9.17) is 17.3 Å². The highest BCUT2D eigenvalue weighted by atomic mass is 32.2. The number of anilines is 3. The number of nitrogen functional groups attached to an aromatic ring is 3. The summed E-state index contributed by atoms with van der Waals surface area (Å²) in [4.78, 5) is 13.0. The van der Waals surface area contributed by atoms with Gasteiger partial charge in [-0.3, -0.25) is 0 Å². The number of hydrazine groups is 1. The Morgan fingerprint density at radius 2 is 1.82 bits per heavy atom. The van der Waals surface area contributed by atoms with Crippen molar-refractivity contribution in [2.45, 2.75) is 10.1 Å². The fraction of sp³-hybridized carbons (Fsp3) is 0. The Morgan fingerprint density at radius 1 is 1.12 bits per heavy atom. The van der Waals surface area contributed by atoms with Gasteiger partial charge in [-0.15, -0.1) is 0 Å². The number of rotatable bonds is 3. The average Bonchev–Trinajstić information content (AvgIpc) is 2.28. The summed E-state index contributed by atoms with van der Waals surface area (Å²) in [5, 5.41) is 0.483. The molecule has 7 nitrogen and oxygen atoms in total. The predicted molar refractivity (Wildman–Crippen MR) is 67.0 cm³/mol. The van der Waals surface area contributed by atoms with Crippen molar-refractivity contribution in [2.75, 3.05) is 16.9 Å². The monoisotopic (exact) mass is 249 g/mol. The lowest BCUT2D eigenvalue weighted by Crippen LogP contribution is -2.08. The summed E-state index contributed by atoms with van der Waals surface area (Å²) < 4.78 is 0. The molecule has 0 saturated heterocycles. The summed E-state index contributed by atoms with van der Waals surface area (Å²) in [6.07, 6.45) is 1.63. The summed E-state index contributed by atoms with van der Waals surface area (Å²) in [7, 11) is 0.